The molecule has 4 rings (SSSR count). The van der Waals surface area contributed by atoms with Crippen molar-refractivity contribution in [3.8, 4) is 0 Å². The van der Waals surface area contributed by atoms with Gasteiger partial charge in [0.25, 0.3) is 0 Å². The van der Waals surface area contributed by atoms with Crippen molar-refractivity contribution < 1.29 is 23.9 Å². The summed E-state index contributed by atoms with van der Waals surface area (Å²) in [6.45, 7) is 0. The lowest BCUT2D eigenvalue weighted by Gasteiger charge is -2.16. The van der Waals surface area contributed by atoms with Crippen LogP contribution in [0.2, 0.25) is 0 Å². The van der Waals surface area contributed by atoms with Crippen LogP contribution in [0.5, 0.6) is 0 Å². The maximum Gasteiger partial charge on any atom is 0.346 e. The van der Waals surface area contributed by atoms with Gasteiger partial charge >= 0.3 is 11.9 Å². The molecule has 0 aromatic heterocycles. The van der Waals surface area contributed by atoms with Gasteiger partial charge in [0, 0.05) is 16.5 Å². The number of rotatable bonds is 3. The number of esters is 2. The van der Waals surface area contributed by atoms with E-state index in [2.05, 4.69) is 0 Å². The fraction of sp³-hybridized carbons (Fsp3) is 0. The summed E-state index contributed by atoms with van der Waals surface area (Å²) in [4.78, 5) is 49.0. The zero-order valence-corrected chi connectivity index (χ0v) is 12.8. The van der Waals surface area contributed by atoms with Gasteiger partial charge in [-0.1, -0.05) is 42.5 Å². The molecule has 3 aromatic rings. The SMILES string of the molecule is O=C(C(=O)c1ccc2c3c(cccc13)C(=O)OC2=O)c1ccccc1. The summed E-state index contributed by atoms with van der Waals surface area (Å²) in [5.41, 5.74) is 0.836. The second-order valence-corrected chi connectivity index (χ2v) is 5.59. The molecule has 0 radical (unpaired) electrons. The van der Waals surface area contributed by atoms with E-state index in [1.165, 1.54) is 18.2 Å². The lowest BCUT2D eigenvalue weighted by Crippen LogP contribution is -2.21. The Morgan fingerprint density at radius 3 is 2.08 bits per heavy atom. The molecule has 25 heavy (non-hydrogen) atoms. The molecular formula is C20H10O5. The number of benzene rings is 3. The molecule has 1 aliphatic rings. The van der Waals surface area contributed by atoms with Crippen molar-refractivity contribution in [1.82, 2.24) is 0 Å². The third kappa shape index (κ3) is 2.25. The molecule has 5 heteroatoms. The standard InChI is InChI=1S/C20H10O5/c21-17(11-5-2-1-3-6-11)18(22)13-9-10-15-16-12(13)7-4-8-14(16)19(23)25-20(15)24/h1-10H. The van der Waals surface area contributed by atoms with Crippen molar-refractivity contribution in [2.45, 2.75) is 0 Å². The van der Waals surface area contributed by atoms with Crippen LogP contribution in [-0.2, 0) is 4.74 Å². The molecule has 0 N–H and O–H groups in total. The number of hydrogen-bond acceptors (Lipinski definition) is 5. The smallest absolute Gasteiger partial charge is 0.346 e. The number of ketones is 2. The summed E-state index contributed by atoms with van der Waals surface area (Å²) in [5, 5.41) is 0.727. The number of carbonyl (C=O) groups excluding carboxylic acids is 4. The summed E-state index contributed by atoms with van der Waals surface area (Å²) in [5.74, 6) is -2.86. The molecule has 0 bridgehead atoms. The monoisotopic (exact) mass is 330 g/mol. The molecule has 0 atom stereocenters. The van der Waals surface area contributed by atoms with Crippen LogP contribution < -0.4 is 0 Å². The van der Waals surface area contributed by atoms with E-state index in [-0.39, 0.29) is 22.3 Å². The molecule has 5 nitrogen and oxygen atoms in total. The van der Waals surface area contributed by atoms with Crippen molar-refractivity contribution in [3.63, 3.8) is 0 Å². The highest BCUT2D eigenvalue weighted by atomic mass is 16.6. The third-order valence-corrected chi connectivity index (χ3v) is 4.15. The number of cyclic esters (lactones) is 2. The number of Topliss-reactive ketones (excluding diaryl/α,β-unsaturated/α-hetero) is 2. The maximum atomic E-state index is 12.7. The Morgan fingerprint density at radius 2 is 1.36 bits per heavy atom. The van der Waals surface area contributed by atoms with Crippen LogP contribution in [0.1, 0.15) is 41.4 Å². The zero-order chi connectivity index (χ0) is 17.6. The lowest BCUT2D eigenvalue weighted by molar-refractivity contribution is 0.0391. The van der Waals surface area contributed by atoms with Crippen LogP contribution in [0.25, 0.3) is 10.8 Å². The fourth-order valence-electron chi connectivity index (χ4n) is 2.98. The first-order chi connectivity index (χ1) is 12.1. The third-order valence-electron chi connectivity index (χ3n) is 4.15. The van der Waals surface area contributed by atoms with Crippen LogP contribution in [0.15, 0.2) is 60.7 Å². The van der Waals surface area contributed by atoms with Crippen LogP contribution in [0, 0.1) is 0 Å². The Balaban J connectivity index is 1.92. The number of hydrogen-bond donors (Lipinski definition) is 0. The van der Waals surface area contributed by atoms with Gasteiger partial charge in [-0.25, -0.2) is 9.59 Å². The van der Waals surface area contributed by atoms with E-state index in [9.17, 15) is 19.2 Å². The highest BCUT2D eigenvalue weighted by Gasteiger charge is 2.30. The summed E-state index contributed by atoms with van der Waals surface area (Å²) in [6.07, 6.45) is 0. The Labute approximate surface area is 141 Å². The van der Waals surface area contributed by atoms with E-state index in [0.717, 1.165) is 0 Å². The fourth-order valence-corrected chi connectivity index (χ4v) is 2.98. The minimum atomic E-state index is -0.762. The first-order valence-electron chi connectivity index (χ1n) is 7.54. The van der Waals surface area contributed by atoms with Gasteiger partial charge in [0.2, 0.25) is 11.6 Å². The second-order valence-electron chi connectivity index (χ2n) is 5.59. The lowest BCUT2D eigenvalue weighted by atomic mass is 9.90. The molecule has 0 unspecified atom stereocenters. The first-order valence-corrected chi connectivity index (χ1v) is 7.54. The molecule has 0 saturated carbocycles. The number of ether oxygens (including phenoxy) is 1. The maximum absolute atomic E-state index is 12.7. The summed E-state index contributed by atoms with van der Waals surface area (Å²) in [7, 11) is 0. The molecule has 120 valence electrons. The molecule has 0 fully saturated rings. The topological polar surface area (TPSA) is 77.5 Å². The summed E-state index contributed by atoms with van der Waals surface area (Å²) in [6, 6.07) is 15.8. The van der Waals surface area contributed by atoms with E-state index < -0.39 is 23.5 Å². The van der Waals surface area contributed by atoms with Gasteiger partial charge in [-0.05, 0) is 23.6 Å². The van der Waals surface area contributed by atoms with Crippen molar-refractivity contribution in [3.05, 3.63) is 82.9 Å². The van der Waals surface area contributed by atoms with E-state index >= 15 is 0 Å². The molecule has 0 amide bonds. The van der Waals surface area contributed by atoms with Gasteiger partial charge in [0.15, 0.2) is 0 Å². The average molecular weight is 330 g/mol. The van der Waals surface area contributed by atoms with Gasteiger partial charge in [-0.15, -0.1) is 0 Å². The molecule has 3 aromatic carbocycles. The van der Waals surface area contributed by atoms with Crippen LogP contribution in [0.3, 0.4) is 0 Å². The van der Waals surface area contributed by atoms with Gasteiger partial charge in [-0.2, -0.15) is 0 Å². The Bertz CT molecular complexity index is 1060. The van der Waals surface area contributed by atoms with Crippen LogP contribution >= 0.6 is 0 Å². The van der Waals surface area contributed by atoms with Crippen molar-refractivity contribution in [2.75, 3.05) is 0 Å². The average Bonchev–Trinajstić information content (AvgIpc) is 2.65. The molecule has 0 saturated heterocycles. The van der Waals surface area contributed by atoms with E-state index in [1.54, 1.807) is 42.5 Å². The summed E-state index contributed by atoms with van der Waals surface area (Å²) >= 11 is 0. The molecular weight excluding hydrogens is 320 g/mol. The van der Waals surface area contributed by atoms with Crippen molar-refractivity contribution >= 4 is 34.3 Å². The Kier molecular flexibility index (Phi) is 3.28. The molecule has 0 aliphatic carbocycles. The summed E-state index contributed by atoms with van der Waals surface area (Å²) < 4.78 is 4.69. The van der Waals surface area contributed by atoms with Crippen molar-refractivity contribution in [1.29, 1.82) is 0 Å². The largest absolute Gasteiger partial charge is 0.386 e. The van der Waals surface area contributed by atoms with Crippen LogP contribution in [-0.4, -0.2) is 23.5 Å². The predicted molar refractivity (Wildman–Crippen MR) is 88.8 cm³/mol. The van der Waals surface area contributed by atoms with Crippen molar-refractivity contribution in [2.24, 2.45) is 0 Å². The first kappa shape index (κ1) is 15.0. The van der Waals surface area contributed by atoms with Gasteiger partial charge in [0.1, 0.15) is 0 Å². The minimum absolute atomic E-state index is 0.150. The Morgan fingerprint density at radius 1 is 0.680 bits per heavy atom. The van der Waals surface area contributed by atoms with E-state index in [0.29, 0.717) is 10.8 Å². The molecule has 1 heterocycles. The van der Waals surface area contributed by atoms with E-state index in [1.807, 2.05) is 0 Å². The quantitative estimate of drug-likeness (QED) is 0.319. The number of carbonyl (C=O) groups is 4. The van der Waals surface area contributed by atoms with Gasteiger partial charge < -0.3 is 4.74 Å². The normalized spacial score (nSPS) is 12.8. The van der Waals surface area contributed by atoms with Gasteiger partial charge in [0.05, 0.1) is 11.1 Å². The van der Waals surface area contributed by atoms with E-state index in [4.69, 9.17) is 4.74 Å². The Hall–Kier alpha value is -3.60. The molecule has 0 spiro atoms. The zero-order valence-electron chi connectivity index (χ0n) is 12.8. The highest BCUT2D eigenvalue weighted by Crippen LogP contribution is 2.31. The van der Waals surface area contributed by atoms with Crippen LogP contribution in [0.4, 0.5) is 0 Å². The minimum Gasteiger partial charge on any atom is -0.386 e. The highest BCUT2D eigenvalue weighted by molar-refractivity contribution is 6.51. The molecule has 1 aliphatic heterocycles. The second kappa shape index (κ2) is 5.49. The van der Waals surface area contributed by atoms with Gasteiger partial charge in [-0.3, -0.25) is 9.59 Å². The predicted octanol–water partition coefficient (Wildman–Crippen LogP) is 3.22.